The van der Waals surface area contributed by atoms with Crippen LogP contribution in [0.1, 0.15) is 19.8 Å². The van der Waals surface area contributed by atoms with Crippen molar-refractivity contribution in [3.05, 3.63) is 12.2 Å². The number of hydrogen-bond donors (Lipinski definition) is 0. The highest BCUT2D eigenvalue weighted by Crippen LogP contribution is 2.16. The summed E-state index contributed by atoms with van der Waals surface area (Å²) in [7, 11) is -0.950. The summed E-state index contributed by atoms with van der Waals surface area (Å²) >= 11 is 0. The zero-order chi connectivity index (χ0) is 9.73. The van der Waals surface area contributed by atoms with Crippen LogP contribution in [-0.4, -0.2) is 32.2 Å². The van der Waals surface area contributed by atoms with E-state index in [0.29, 0.717) is 0 Å². The van der Waals surface area contributed by atoms with Gasteiger partial charge >= 0.3 is 0 Å². The molecule has 0 bridgehead atoms. The monoisotopic (exact) mass is 197 g/mol. The summed E-state index contributed by atoms with van der Waals surface area (Å²) < 4.78 is 0. The molecule has 0 aromatic rings. The van der Waals surface area contributed by atoms with Gasteiger partial charge in [0.25, 0.3) is 0 Å². The molecule has 0 radical (unpaired) electrons. The first-order chi connectivity index (χ1) is 6.14. The third-order valence-electron chi connectivity index (χ3n) is 2.76. The van der Waals surface area contributed by atoms with Crippen LogP contribution in [0.25, 0.3) is 0 Å². The molecule has 0 saturated carbocycles. The van der Waals surface area contributed by atoms with Crippen molar-refractivity contribution in [3.63, 3.8) is 0 Å². The standard InChI is InChI=1S/C11H23NSi/c1-4-5-10-13(2,3)11-12-8-6-7-9-12/h4-5H,6-11H2,1-3H3. The summed E-state index contributed by atoms with van der Waals surface area (Å²) in [6.07, 6.45) is 8.79. The van der Waals surface area contributed by atoms with E-state index in [-0.39, 0.29) is 0 Å². The second kappa shape index (κ2) is 4.96. The van der Waals surface area contributed by atoms with E-state index in [1.165, 1.54) is 38.1 Å². The van der Waals surface area contributed by atoms with E-state index in [1.54, 1.807) is 0 Å². The van der Waals surface area contributed by atoms with Gasteiger partial charge in [0.1, 0.15) is 0 Å². The second-order valence-corrected chi connectivity index (χ2v) is 9.97. The number of allylic oxidation sites excluding steroid dienone is 2. The molecule has 0 aromatic carbocycles. The molecule has 0 aliphatic carbocycles. The molecule has 0 unspecified atom stereocenters. The van der Waals surface area contributed by atoms with Crippen LogP contribution in [0, 0.1) is 0 Å². The van der Waals surface area contributed by atoms with Crippen LogP contribution in [-0.2, 0) is 0 Å². The lowest BCUT2D eigenvalue weighted by Crippen LogP contribution is -2.40. The van der Waals surface area contributed by atoms with Gasteiger partial charge in [0.05, 0.1) is 8.07 Å². The molecule has 1 heterocycles. The Kier molecular flexibility index (Phi) is 4.20. The molecule has 1 aliphatic heterocycles. The van der Waals surface area contributed by atoms with Crippen molar-refractivity contribution in [2.45, 2.75) is 38.9 Å². The van der Waals surface area contributed by atoms with E-state index in [0.717, 1.165) is 0 Å². The van der Waals surface area contributed by atoms with E-state index >= 15 is 0 Å². The lowest BCUT2D eigenvalue weighted by atomic mass is 10.4. The maximum atomic E-state index is 2.66. The van der Waals surface area contributed by atoms with Crippen LogP contribution >= 0.6 is 0 Å². The Labute approximate surface area is 83.8 Å². The molecular formula is C11H23NSi. The average Bonchev–Trinajstić information content (AvgIpc) is 2.52. The molecule has 0 N–H and O–H groups in total. The first-order valence-electron chi connectivity index (χ1n) is 5.47. The molecular weight excluding hydrogens is 174 g/mol. The number of likely N-dealkylation sites (tertiary alicyclic amines) is 1. The lowest BCUT2D eigenvalue weighted by molar-refractivity contribution is 0.389. The summed E-state index contributed by atoms with van der Waals surface area (Å²) in [5.41, 5.74) is 0. The smallest absolute Gasteiger partial charge is 0.0666 e. The normalized spacial score (nSPS) is 20.2. The maximum absolute atomic E-state index is 2.66. The van der Waals surface area contributed by atoms with Crippen LogP contribution in [0.15, 0.2) is 12.2 Å². The Morgan fingerprint density at radius 1 is 1.23 bits per heavy atom. The van der Waals surface area contributed by atoms with Crippen molar-refractivity contribution in [2.75, 3.05) is 19.3 Å². The highest BCUT2D eigenvalue weighted by Gasteiger charge is 2.24. The van der Waals surface area contributed by atoms with Gasteiger partial charge in [-0.2, -0.15) is 0 Å². The lowest BCUT2D eigenvalue weighted by Gasteiger charge is -2.27. The first kappa shape index (κ1) is 11.0. The van der Waals surface area contributed by atoms with Crippen LogP contribution in [0.3, 0.4) is 0 Å². The summed E-state index contributed by atoms with van der Waals surface area (Å²) in [5.74, 6) is 0. The summed E-state index contributed by atoms with van der Waals surface area (Å²) in [6, 6.07) is 1.35. The van der Waals surface area contributed by atoms with Crippen molar-refractivity contribution in [1.29, 1.82) is 0 Å². The van der Waals surface area contributed by atoms with Crippen LogP contribution in [0.5, 0.6) is 0 Å². The molecule has 0 spiro atoms. The van der Waals surface area contributed by atoms with Gasteiger partial charge < -0.3 is 4.90 Å². The van der Waals surface area contributed by atoms with Gasteiger partial charge in [0.2, 0.25) is 0 Å². The third kappa shape index (κ3) is 4.10. The van der Waals surface area contributed by atoms with Gasteiger partial charge in [-0.25, -0.2) is 0 Å². The van der Waals surface area contributed by atoms with Gasteiger partial charge in [0, 0.05) is 0 Å². The summed E-state index contributed by atoms with van der Waals surface area (Å²) in [5, 5.41) is 0. The van der Waals surface area contributed by atoms with Gasteiger partial charge in [-0.1, -0.05) is 25.2 Å². The minimum absolute atomic E-state index is 0.950. The largest absolute Gasteiger partial charge is 0.306 e. The zero-order valence-corrected chi connectivity index (χ0v) is 10.3. The Balaban J connectivity index is 2.31. The van der Waals surface area contributed by atoms with Gasteiger partial charge in [0.15, 0.2) is 0 Å². The van der Waals surface area contributed by atoms with E-state index in [4.69, 9.17) is 0 Å². The number of nitrogens with zero attached hydrogens (tertiary/aromatic N) is 1. The topological polar surface area (TPSA) is 3.24 Å². The van der Waals surface area contributed by atoms with Crippen LogP contribution < -0.4 is 0 Å². The van der Waals surface area contributed by atoms with Crippen molar-refractivity contribution < 1.29 is 0 Å². The molecule has 0 amide bonds. The summed E-state index contributed by atoms with van der Waals surface area (Å²) in [6.45, 7) is 9.84. The van der Waals surface area contributed by atoms with E-state index < -0.39 is 8.07 Å². The fraction of sp³-hybridized carbons (Fsp3) is 0.818. The van der Waals surface area contributed by atoms with Crippen molar-refractivity contribution in [2.24, 2.45) is 0 Å². The molecule has 0 atom stereocenters. The molecule has 1 rings (SSSR count). The highest BCUT2D eigenvalue weighted by molar-refractivity contribution is 6.78. The highest BCUT2D eigenvalue weighted by atomic mass is 28.3. The van der Waals surface area contributed by atoms with Gasteiger partial charge in [-0.15, -0.1) is 0 Å². The SMILES string of the molecule is CC=CC[Si](C)(C)CN1CCCC1. The Hall–Kier alpha value is -0.0831. The summed E-state index contributed by atoms with van der Waals surface area (Å²) in [4.78, 5) is 2.66. The Bertz CT molecular complexity index is 169. The minimum atomic E-state index is -0.950. The fourth-order valence-electron chi connectivity index (χ4n) is 2.05. The van der Waals surface area contributed by atoms with E-state index in [2.05, 4.69) is 37.1 Å². The Morgan fingerprint density at radius 3 is 2.38 bits per heavy atom. The van der Waals surface area contributed by atoms with Crippen LogP contribution in [0.4, 0.5) is 0 Å². The molecule has 2 heteroatoms. The van der Waals surface area contributed by atoms with Crippen LogP contribution in [0.2, 0.25) is 19.1 Å². The maximum Gasteiger partial charge on any atom is 0.0666 e. The number of rotatable bonds is 4. The number of hydrogen-bond acceptors (Lipinski definition) is 1. The Morgan fingerprint density at radius 2 is 1.85 bits per heavy atom. The molecule has 1 saturated heterocycles. The van der Waals surface area contributed by atoms with Crippen molar-refractivity contribution in [1.82, 2.24) is 4.90 Å². The van der Waals surface area contributed by atoms with Gasteiger partial charge in [-0.05, 0) is 45.1 Å². The molecule has 1 fully saturated rings. The molecule has 1 nitrogen and oxygen atoms in total. The minimum Gasteiger partial charge on any atom is -0.306 e. The van der Waals surface area contributed by atoms with Gasteiger partial charge in [-0.3, -0.25) is 0 Å². The predicted octanol–water partition coefficient (Wildman–Crippen LogP) is 2.91. The fourth-order valence-corrected chi connectivity index (χ4v) is 4.58. The second-order valence-electron chi connectivity index (χ2n) is 4.92. The van der Waals surface area contributed by atoms with Crippen molar-refractivity contribution in [3.8, 4) is 0 Å². The molecule has 76 valence electrons. The van der Waals surface area contributed by atoms with E-state index in [1.807, 2.05) is 0 Å². The first-order valence-corrected chi connectivity index (χ1v) is 8.89. The quantitative estimate of drug-likeness (QED) is 0.495. The molecule has 0 aromatic heterocycles. The van der Waals surface area contributed by atoms with Crippen molar-refractivity contribution >= 4 is 8.07 Å². The molecule has 13 heavy (non-hydrogen) atoms. The van der Waals surface area contributed by atoms with E-state index in [9.17, 15) is 0 Å². The average molecular weight is 197 g/mol. The zero-order valence-electron chi connectivity index (χ0n) is 9.34. The third-order valence-corrected chi connectivity index (χ3v) is 5.40. The molecule has 1 aliphatic rings. The predicted molar refractivity (Wildman–Crippen MR) is 62.8 cm³/mol.